The highest BCUT2D eigenvalue weighted by molar-refractivity contribution is 6.30. The highest BCUT2D eigenvalue weighted by Gasteiger charge is 2.05. The van der Waals surface area contributed by atoms with Crippen molar-refractivity contribution < 1.29 is 0 Å². The fourth-order valence-corrected chi connectivity index (χ4v) is 1.64. The quantitative estimate of drug-likeness (QED) is 0.649. The standard InChI is InChI=1S/C12H10ClN3/c1-14-16-11-6-3-7-15-12(11)9-4-2-5-10(13)8-9/h2-8,16H,1H2. The van der Waals surface area contributed by atoms with Gasteiger partial charge in [-0.3, -0.25) is 10.4 Å². The van der Waals surface area contributed by atoms with Crippen LogP contribution in [0.3, 0.4) is 0 Å². The largest absolute Gasteiger partial charge is 0.277 e. The molecule has 1 aromatic heterocycles. The summed E-state index contributed by atoms with van der Waals surface area (Å²) in [6.07, 6.45) is 1.73. The van der Waals surface area contributed by atoms with E-state index in [0.717, 1.165) is 16.9 Å². The summed E-state index contributed by atoms with van der Waals surface area (Å²) in [6.45, 7) is 3.39. The number of nitrogens with zero attached hydrogens (tertiary/aromatic N) is 2. The third kappa shape index (κ3) is 2.20. The molecule has 0 aliphatic carbocycles. The molecule has 0 radical (unpaired) electrons. The molecular formula is C12H10ClN3. The molecule has 0 bridgehead atoms. The highest BCUT2D eigenvalue weighted by atomic mass is 35.5. The zero-order valence-electron chi connectivity index (χ0n) is 8.52. The summed E-state index contributed by atoms with van der Waals surface area (Å²) in [4.78, 5) is 4.30. The minimum absolute atomic E-state index is 0.681. The van der Waals surface area contributed by atoms with E-state index in [2.05, 4.69) is 22.2 Å². The van der Waals surface area contributed by atoms with Crippen LogP contribution in [0.25, 0.3) is 11.3 Å². The lowest BCUT2D eigenvalue weighted by Gasteiger charge is -2.07. The Morgan fingerprint density at radius 2 is 2.12 bits per heavy atom. The van der Waals surface area contributed by atoms with Crippen LogP contribution in [0, 0.1) is 0 Å². The van der Waals surface area contributed by atoms with Gasteiger partial charge in [0.05, 0.1) is 11.4 Å². The highest BCUT2D eigenvalue weighted by Crippen LogP contribution is 2.27. The monoisotopic (exact) mass is 231 g/mol. The van der Waals surface area contributed by atoms with E-state index < -0.39 is 0 Å². The molecule has 0 aliphatic heterocycles. The maximum Gasteiger partial charge on any atom is 0.0952 e. The van der Waals surface area contributed by atoms with E-state index in [9.17, 15) is 0 Å². The molecule has 0 fully saturated rings. The van der Waals surface area contributed by atoms with Gasteiger partial charge in [-0.15, -0.1) is 0 Å². The SMILES string of the molecule is C=NNc1cccnc1-c1cccc(Cl)c1. The molecule has 16 heavy (non-hydrogen) atoms. The lowest BCUT2D eigenvalue weighted by Crippen LogP contribution is -1.93. The van der Waals surface area contributed by atoms with Crippen LogP contribution >= 0.6 is 11.6 Å². The Morgan fingerprint density at radius 3 is 2.88 bits per heavy atom. The van der Waals surface area contributed by atoms with E-state index in [0.29, 0.717) is 5.02 Å². The lowest BCUT2D eigenvalue weighted by atomic mass is 10.1. The van der Waals surface area contributed by atoms with Crippen molar-refractivity contribution in [2.75, 3.05) is 5.43 Å². The maximum atomic E-state index is 5.94. The van der Waals surface area contributed by atoms with E-state index >= 15 is 0 Å². The summed E-state index contributed by atoms with van der Waals surface area (Å²) in [5.74, 6) is 0. The van der Waals surface area contributed by atoms with Gasteiger partial charge in [0.2, 0.25) is 0 Å². The molecule has 0 saturated heterocycles. The second-order valence-electron chi connectivity index (χ2n) is 3.18. The van der Waals surface area contributed by atoms with Gasteiger partial charge in [0.15, 0.2) is 0 Å². The van der Waals surface area contributed by atoms with Crippen molar-refractivity contribution in [2.24, 2.45) is 5.10 Å². The van der Waals surface area contributed by atoms with Gasteiger partial charge in [0.25, 0.3) is 0 Å². The Hall–Kier alpha value is -1.87. The Bertz CT molecular complexity index is 511. The molecule has 0 spiro atoms. The minimum atomic E-state index is 0.681. The number of hydrazone groups is 1. The molecule has 0 amide bonds. The van der Waals surface area contributed by atoms with Crippen molar-refractivity contribution in [1.82, 2.24) is 4.98 Å². The molecule has 1 aromatic carbocycles. The fourth-order valence-electron chi connectivity index (χ4n) is 1.45. The number of hydrogen-bond donors (Lipinski definition) is 1. The Kier molecular flexibility index (Phi) is 3.17. The van der Waals surface area contributed by atoms with Crippen molar-refractivity contribution in [1.29, 1.82) is 0 Å². The summed E-state index contributed by atoms with van der Waals surface area (Å²) >= 11 is 5.94. The van der Waals surface area contributed by atoms with Gasteiger partial charge in [0, 0.05) is 23.5 Å². The van der Waals surface area contributed by atoms with Gasteiger partial charge < -0.3 is 0 Å². The third-order valence-electron chi connectivity index (χ3n) is 2.11. The number of benzene rings is 1. The first kappa shape index (κ1) is 10.6. The average Bonchev–Trinajstić information content (AvgIpc) is 2.30. The lowest BCUT2D eigenvalue weighted by molar-refractivity contribution is 1.28. The summed E-state index contributed by atoms with van der Waals surface area (Å²) in [5.41, 5.74) is 5.35. The number of rotatable bonds is 3. The van der Waals surface area contributed by atoms with Crippen LogP contribution in [-0.4, -0.2) is 11.7 Å². The Morgan fingerprint density at radius 1 is 1.25 bits per heavy atom. The van der Waals surface area contributed by atoms with Crippen molar-refractivity contribution in [3.63, 3.8) is 0 Å². The van der Waals surface area contributed by atoms with Gasteiger partial charge in [0.1, 0.15) is 0 Å². The number of hydrogen-bond acceptors (Lipinski definition) is 3. The number of pyridine rings is 1. The van der Waals surface area contributed by atoms with E-state index in [-0.39, 0.29) is 0 Å². The second-order valence-corrected chi connectivity index (χ2v) is 3.62. The van der Waals surface area contributed by atoms with Crippen LogP contribution < -0.4 is 5.43 Å². The van der Waals surface area contributed by atoms with Gasteiger partial charge in [-0.05, 0) is 24.3 Å². The number of halogens is 1. The molecule has 0 saturated carbocycles. The minimum Gasteiger partial charge on any atom is -0.277 e. The molecule has 0 atom stereocenters. The van der Waals surface area contributed by atoms with Crippen molar-refractivity contribution in [3.8, 4) is 11.3 Å². The third-order valence-corrected chi connectivity index (χ3v) is 2.34. The fraction of sp³-hybridized carbons (Fsp3) is 0. The van der Waals surface area contributed by atoms with E-state index in [1.54, 1.807) is 6.20 Å². The normalized spacial score (nSPS) is 9.81. The topological polar surface area (TPSA) is 37.3 Å². The van der Waals surface area contributed by atoms with E-state index in [1.165, 1.54) is 0 Å². The Labute approximate surface area is 98.8 Å². The van der Waals surface area contributed by atoms with Crippen LogP contribution in [-0.2, 0) is 0 Å². The molecular weight excluding hydrogens is 222 g/mol. The Balaban J connectivity index is 2.50. The predicted molar refractivity (Wildman–Crippen MR) is 67.9 cm³/mol. The van der Waals surface area contributed by atoms with E-state index in [1.807, 2.05) is 36.4 Å². The number of nitrogens with one attached hydrogen (secondary N) is 1. The molecule has 2 aromatic rings. The van der Waals surface area contributed by atoms with E-state index in [4.69, 9.17) is 11.6 Å². The van der Waals surface area contributed by atoms with Crippen LogP contribution in [0.1, 0.15) is 0 Å². The first-order valence-electron chi connectivity index (χ1n) is 4.74. The summed E-state index contributed by atoms with van der Waals surface area (Å²) in [5, 5.41) is 4.32. The molecule has 2 rings (SSSR count). The van der Waals surface area contributed by atoms with Gasteiger partial charge >= 0.3 is 0 Å². The predicted octanol–water partition coefficient (Wildman–Crippen LogP) is 3.43. The van der Waals surface area contributed by atoms with Gasteiger partial charge in [-0.1, -0.05) is 23.7 Å². The van der Waals surface area contributed by atoms with Crippen molar-refractivity contribution in [3.05, 3.63) is 47.6 Å². The maximum absolute atomic E-state index is 5.94. The van der Waals surface area contributed by atoms with Gasteiger partial charge in [-0.2, -0.15) is 5.10 Å². The van der Waals surface area contributed by atoms with Crippen LogP contribution in [0.2, 0.25) is 5.02 Å². The summed E-state index contributed by atoms with van der Waals surface area (Å²) in [6, 6.07) is 11.2. The molecule has 1 N–H and O–H groups in total. The molecule has 0 aliphatic rings. The molecule has 0 unspecified atom stereocenters. The van der Waals surface area contributed by atoms with Crippen molar-refractivity contribution >= 4 is 24.0 Å². The first-order chi connectivity index (χ1) is 7.81. The smallest absolute Gasteiger partial charge is 0.0952 e. The zero-order chi connectivity index (χ0) is 11.4. The molecule has 1 heterocycles. The van der Waals surface area contributed by atoms with Crippen LogP contribution in [0.5, 0.6) is 0 Å². The molecule has 3 nitrogen and oxygen atoms in total. The van der Waals surface area contributed by atoms with Crippen LogP contribution in [0.4, 0.5) is 5.69 Å². The van der Waals surface area contributed by atoms with Gasteiger partial charge in [-0.25, -0.2) is 0 Å². The zero-order valence-corrected chi connectivity index (χ0v) is 9.28. The summed E-state index contributed by atoms with van der Waals surface area (Å²) < 4.78 is 0. The van der Waals surface area contributed by atoms with Crippen molar-refractivity contribution in [2.45, 2.75) is 0 Å². The first-order valence-corrected chi connectivity index (χ1v) is 5.12. The second kappa shape index (κ2) is 4.77. The molecule has 80 valence electrons. The number of aromatic nitrogens is 1. The average molecular weight is 232 g/mol. The number of anilines is 1. The molecule has 4 heteroatoms. The van der Waals surface area contributed by atoms with Crippen LogP contribution in [0.15, 0.2) is 47.7 Å². The summed E-state index contributed by atoms with van der Waals surface area (Å²) in [7, 11) is 0.